The van der Waals surface area contributed by atoms with Crippen LogP contribution in [0, 0.1) is 0 Å². The van der Waals surface area contributed by atoms with Crippen LogP contribution >= 0.6 is 0 Å². The lowest BCUT2D eigenvalue weighted by molar-refractivity contribution is 1.29. The van der Waals surface area contributed by atoms with E-state index < -0.39 is 0 Å². The van der Waals surface area contributed by atoms with Gasteiger partial charge in [-0.05, 0) is 124 Å². The maximum absolute atomic E-state index is 2.42. The van der Waals surface area contributed by atoms with E-state index in [0.29, 0.717) is 0 Å². The largest absolute Gasteiger partial charge is 0.310 e. The highest BCUT2D eigenvalue weighted by molar-refractivity contribution is 6.20. The molecule has 0 aliphatic carbocycles. The molecular formula is C56H37N. The van der Waals surface area contributed by atoms with Crippen LogP contribution in [0.4, 0.5) is 17.1 Å². The van der Waals surface area contributed by atoms with E-state index in [0.717, 1.165) is 17.1 Å². The molecule has 0 aliphatic rings. The van der Waals surface area contributed by atoms with Crippen LogP contribution in [-0.4, -0.2) is 0 Å². The average Bonchev–Trinajstić information content (AvgIpc) is 3.29. The number of nitrogens with zero attached hydrogens (tertiary/aromatic N) is 1. The van der Waals surface area contributed by atoms with Gasteiger partial charge in [0.25, 0.3) is 0 Å². The average molecular weight is 724 g/mol. The van der Waals surface area contributed by atoms with Gasteiger partial charge >= 0.3 is 0 Å². The van der Waals surface area contributed by atoms with Gasteiger partial charge in [-0.25, -0.2) is 0 Å². The van der Waals surface area contributed by atoms with Crippen molar-refractivity contribution in [2.45, 2.75) is 0 Å². The highest BCUT2D eigenvalue weighted by atomic mass is 15.1. The number of benzene rings is 11. The fraction of sp³-hybridized carbons (Fsp3) is 0. The molecule has 0 radical (unpaired) electrons. The summed E-state index contributed by atoms with van der Waals surface area (Å²) in [6.45, 7) is 0. The number of rotatable bonds is 6. The van der Waals surface area contributed by atoms with Gasteiger partial charge in [-0.2, -0.15) is 0 Å². The Morgan fingerprint density at radius 2 is 0.702 bits per heavy atom. The standard InChI is InChI=1S/C56H37N/c1-3-13-38(14-4-1)42-19-11-20-44(35-42)57(45-28-31-49-43(36-45)26-25-40-17-7-9-21-47(40)49)46-29-32-55(56(37-46)39-15-5-2-6-16-39)51-24-12-23-50-53-30-27-41-18-8-10-22-48(41)52(53)33-34-54(50)51/h1-37H. The van der Waals surface area contributed by atoms with Crippen LogP contribution in [0.25, 0.3) is 87.2 Å². The van der Waals surface area contributed by atoms with Crippen molar-refractivity contribution < 1.29 is 0 Å². The molecule has 0 aliphatic heterocycles. The van der Waals surface area contributed by atoms with Crippen molar-refractivity contribution in [3.63, 3.8) is 0 Å². The number of hydrogen-bond donors (Lipinski definition) is 0. The minimum Gasteiger partial charge on any atom is -0.310 e. The molecule has 0 unspecified atom stereocenters. The van der Waals surface area contributed by atoms with Crippen LogP contribution in [0.5, 0.6) is 0 Å². The predicted octanol–water partition coefficient (Wildman–Crippen LogP) is 15.9. The van der Waals surface area contributed by atoms with E-state index in [1.165, 1.54) is 87.2 Å². The third-order valence-corrected chi connectivity index (χ3v) is 11.6. The molecule has 1 nitrogen and oxygen atoms in total. The number of anilines is 3. The first-order valence-electron chi connectivity index (χ1n) is 19.7. The normalized spacial score (nSPS) is 11.5. The number of fused-ring (bicyclic) bond motifs is 8. The Labute approximate surface area is 332 Å². The third-order valence-electron chi connectivity index (χ3n) is 11.6. The Morgan fingerprint density at radius 3 is 1.51 bits per heavy atom. The minimum absolute atomic E-state index is 1.10. The van der Waals surface area contributed by atoms with Crippen molar-refractivity contribution in [1.82, 2.24) is 0 Å². The van der Waals surface area contributed by atoms with E-state index in [4.69, 9.17) is 0 Å². The van der Waals surface area contributed by atoms with E-state index in [-0.39, 0.29) is 0 Å². The van der Waals surface area contributed by atoms with Gasteiger partial charge in [0.15, 0.2) is 0 Å². The van der Waals surface area contributed by atoms with Gasteiger partial charge in [0, 0.05) is 17.1 Å². The van der Waals surface area contributed by atoms with Gasteiger partial charge < -0.3 is 4.90 Å². The van der Waals surface area contributed by atoms with Crippen LogP contribution < -0.4 is 4.90 Å². The van der Waals surface area contributed by atoms with E-state index in [1.807, 2.05) is 0 Å². The first-order valence-corrected chi connectivity index (χ1v) is 19.7. The molecule has 1 heteroatoms. The predicted molar refractivity (Wildman–Crippen MR) is 245 cm³/mol. The molecule has 0 bridgehead atoms. The van der Waals surface area contributed by atoms with Crippen LogP contribution in [0.15, 0.2) is 224 Å². The van der Waals surface area contributed by atoms with Crippen molar-refractivity contribution in [3.05, 3.63) is 224 Å². The van der Waals surface area contributed by atoms with E-state index in [2.05, 4.69) is 229 Å². The molecule has 0 amide bonds. The summed E-state index contributed by atoms with van der Waals surface area (Å²) in [5.41, 5.74) is 10.5. The maximum Gasteiger partial charge on any atom is 0.0468 e. The van der Waals surface area contributed by atoms with Gasteiger partial charge in [-0.15, -0.1) is 0 Å². The zero-order chi connectivity index (χ0) is 37.7. The second-order valence-electron chi connectivity index (χ2n) is 14.9. The fourth-order valence-electron chi connectivity index (χ4n) is 8.90. The van der Waals surface area contributed by atoms with Crippen molar-refractivity contribution in [3.8, 4) is 33.4 Å². The van der Waals surface area contributed by atoms with E-state index in [9.17, 15) is 0 Å². The molecule has 11 aromatic rings. The molecular weight excluding hydrogens is 687 g/mol. The smallest absolute Gasteiger partial charge is 0.0468 e. The lowest BCUT2D eigenvalue weighted by Gasteiger charge is -2.28. The first-order chi connectivity index (χ1) is 28.3. The van der Waals surface area contributed by atoms with E-state index >= 15 is 0 Å². The second-order valence-corrected chi connectivity index (χ2v) is 14.9. The van der Waals surface area contributed by atoms with Crippen LogP contribution in [0.1, 0.15) is 0 Å². The van der Waals surface area contributed by atoms with Crippen molar-refractivity contribution in [2.75, 3.05) is 4.90 Å². The lowest BCUT2D eigenvalue weighted by Crippen LogP contribution is -2.10. The highest BCUT2D eigenvalue weighted by Gasteiger charge is 2.19. The zero-order valence-corrected chi connectivity index (χ0v) is 31.3. The molecule has 0 heterocycles. The van der Waals surface area contributed by atoms with Crippen molar-refractivity contribution in [2.24, 2.45) is 0 Å². The topological polar surface area (TPSA) is 3.24 Å². The van der Waals surface area contributed by atoms with Gasteiger partial charge in [0.2, 0.25) is 0 Å². The number of hydrogen-bond acceptors (Lipinski definition) is 1. The minimum atomic E-state index is 1.10. The van der Waals surface area contributed by atoms with Crippen LogP contribution in [0.2, 0.25) is 0 Å². The summed E-state index contributed by atoms with van der Waals surface area (Å²) in [6.07, 6.45) is 0. The Morgan fingerprint density at radius 1 is 0.211 bits per heavy atom. The van der Waals surface area contributed by atoms with Crippen molar-refractivity contribution in [1.29, 1.82) is 0 Å². The molecule has 266 valence electrons. The van der Waals surface area contributed by atoms with Gasteiger partial charge in [-0.1, -0.05) is 188 Å². The maximum atomic E-state index is 2.42. The third kappa shape index (κ3) is 5.72. The second kappa shape index (κ2) is 13.7. The Bertz CT molecular complexity index is 3290. The molecule has 0 fully saturated rings. The van der Waals surface area contributed by atoms with Crippen molar-refractivity contribution >= 4 is 70.9 Å². The molecule has 57 heavy (non-hydrogen) atoms. The van der Waals surface area contributed by atoms with E-state index in [1.54, 1.807) is 0 Å². The fourth-order valence-corrected chi connectivity index (χ4v) is 8.90. The zero-order valence-electron chi connectivity index (χ0n) is 31.3. The Hall–Kier alpha value is -7.48. The molecule has 0 N–H and O–H groups in total. The molecule has 11 aromatic carbocycles. The molecule has 0 saturated heterocycles. The summed E-state index contributed by atoms with van der Waals surface area (Å²) >= 11 is 0. The molecule has 11 rings (SSSR count). The summed E-state index contributed by atoms with van der Waals surface area (Å²) in [6, 6.07) is 82.1. The summed E-state index contributed by atoms with van der Waals surface area (Å²) in [5.74, 6) is 0. The summed E-state index contributed by atoms with van der Waals surface area (Å²) < 4.78 is 0. The highest BCUT2D eigenvalue weighted by Crippen LogP contribution is 2.45. The Kier molecular flexibility index (Phi) is 7.89. The SMILES string of the molecule is c1ccc(-c2cccc(N(c3ccc(-c4cccc5c4ccc4c6ccccc6ccc54)c(-c4ccccc4)c3)c3ccc4c(ccc5ccccc54)c3)c2)cc1. The van der Waals surface area contributed by atoms with Crippen LogP contribution in [-0.2, 0) is 0 Å². The lowest BCUT2D eigenvalue weighted by atomic mass is 9.89. The molecule has 0 saturated carbocycles. The van der Waals surface area contributed by atoms with Gasteiger partial charge in [0.05, 0.1) is 0 Å². The summed E-state index contributed by atoms with van der Waals surface area (Å²) in [7, 11) is 0. The van der Waals surface area contributed by atoms with Crippen LogP contribution in [0.3, 0.4) is 0 Å². The monoisotopic (exact) mass is 723 g/mol. The summed E-state index contributed by atoms with van der Waals surface area (Å²) in [4.78, 5) is 2.42. The van der Waals surface area contributed by atoms with Gasteiger partial charge in [0.1, 0.15) is 0 Å². The first kappa shape index (κ1) is 32.9. The molecule has 0 spiro atoms. The Balaban J connectivity index is 1.13. The molecule has 0 atom stereocenters. The van der Waals surface area contributed by atoms with Gasteiger partial charge in [-0.3, -0.25) is 0 Å². The molecule has 0 aromatic heterocycles. The quantitative estimate of drug-likeness (QED) is 0.154. The summed E-state index contributed by atoms with van der Waals surface area (Å²) in [5, 5.41) is 12.6.